The van der Waals surface area contributed by atoms with Crippen LogP contribution < -0.4 is 5.73 Å². The van der Waals surface area contributed by atoms with Crippen LogP contribution in [0.3, 0.4) is 0 Å². The molecule has 0 aromatic carbocycles. The van der Waals surface area contributed by atoms with Crippen LogP contribution in [0.1, 0.15) is 129 Å². The van der Waals surface area contributed by atoms with Crippen LogP contribution in [0.15, 0.2) is 109 Å². The van der Waals surface area contributed by atoms with E-state index < -0.39 is 45.1 Å². The SMILES string of the molecule is CC/C=C\C/C=C\C/C=C\C/C=C\C/C=C\CCCCCCOCC(COP(=O)(O)OCC(N)C(=O)O)OC(=O)CCCC/C=C\C/C=C\C/C=C\C/C=C\CC. The van der Waals surface area contributed by atoms with Crippen LogP contribution in [0.2, 0.25) is 0 Å². The quantitative estimate of drug-likeness (QED) is 0.0237. The van der Waals surface area contributed by atoms with Crippen LogP contribution in [0.4, 0.5) is 0 Å². The van der Waals surface area contributed by atoms with Gasteiger partial charge >= 0.3 is 19.8 Å². The smallest absolute Gasteiger partial charge is 0.472 e. The predicted octanol–water partition coefficient (Wildman–Crippen LogP) is 11.5. The van der Waals surface area contributed by atoms with Crippen LogP contribution in [-0.2, 0) is 32.7 Å². The van der Waals surface area contributed by atoms with Crippen LogP contribution >= 0.6 is 7.82 Å². The Morgan fingerprint density at radius 2 is 0.965 bits per heavy atom. The number of carbonyl (C=O) groups is 2. The van der Waals surface area contributed by atoms with Crippen molar-refractivity contribution in [1.29, 1.82) is 0 Å². The van der Waals surface area contributed by atoms with E-state index in [4.69, 9.17) is 29.4 Å². The lowest BCUT2D eigenvalue weighted by molar-refractivity contribution is -0.154. The zero-order valence-electron chi connectivity index (χ0n) is 34.9. The molecule has 57 heavy (non-hydrogen) atoms. The number of carboxylic acids is 1. The van der Waals surface area contributed by atoms with Crippen LogP contribution in [0.5, 0.6) is 0 Å². The van der Waals surface area contributed by atoms with E-state index in [0.29, 0.717) is 13.0 Å². The number of phosphoric acid groups is 1. The second-order valence-corrected chi connectivity index (χ2v) is 14.8. The molecular weight excluding hydrogens is 741 g/mol. The Kier molecular flexibility index (Phi) is 38.4. The Labute approximate surface area is 344 Å². The molecule has 0 aliphatic rings. The van der Waals surface area contributed by atoms with Gasteiger partial charge in [0.25, 0.3) is 0 Å². The zero-order valence-corrected chi connectivity index (χ0v) is 35.8. The summed E-state index contributed by atoms with van der Waals surface area (Å²) < 4.78 is 33.2. The number of nitrogens with two attached hydrogens (primary N) is 1. The lowest BCUT2D eigenvalue weighted by atomic mass is 10.1. The van der Waals surface area contributed by atoms with Gasteiger partial charge in [-0.2, -0.15) is 0 Å². The fourth-order valence-electron chi connectivity index (χ4n) is 4.85. The Bertz CT molecular complexity index is 1310. The first-order valence-corrected chi connectivity index (χ1v) is 22.4. The van der Waals surface area contributed by atoms with Gasteiger partial charge in [0.1, 0.15) is 12.1 Å². The summed E-state index contributed by atoms with van der Waals surface area (Å²) in [4.78, 5) is 33.5. The summed E-state index contributed by atoms with van der Waals surface area (Å²) in [5.41, 5.74) is 5.34. The van der Waals surface area contributed by atoms with Crippen LogP contribution in [-0.4, -0.2) is 60.5 Å². The topological polar surface area (TPSA) is 155 Å². The first kappa shape index (κ1) is 53.6. The Morgan fingerprint density at radius 1 is 0.561 bits per heavy atom. The van der Waals surface area contributed by atoms with E-state index in [1.165, 1.54) is 0 Å². The molecule has 0 aliphatic carbocycles. The third-order valence-corrected chi connectivity index (χ3v) is 9.00. The Morgan fingerprint density at radius 3 is 1.42 bits per heavy atom. The molecule has 0 rings (SSSR count). The fraction of sp³-hybridized carbons (Fsp3) is 0.565. The van der Waals surface area contributed by atoms with Gasteiger partial charge in [0.15, 0.2) is 0 Å². The van der Waals surface area contributed by atoms with E-state index in [2.05, 4.69) is 123 Å². The summed E-state index contributed by atoms with van der Waals surface area (Å²) >= 11 is 0. The summed E-state index contributed by atoms with van der Waals surface area (Å²) in [7, 11) is -4.64. The minimum absolute atomic E-state index is 0.0254. The molecule has 11 heteroatoms. The highest BCUT2D eigenvalue weighted by Gasteiger charge is 2.27. The third-order valence-electron chi connectivity index (χ3n) is 8.05. The molecule has 0 amide bonds. The van der Waals surface area contributed by atoms with Crippen LogP contribution in [0, 0.1) is 0 Å². The van der Waals surface area contributed by atoms with E-state index in [1.807, 2.05) is 0 Å². The maximum atomic E-state index is 12.6. The molecule has 0 saturated carbocycles. The molecular formula is C46H74NO9P. The average Bonchev–Trinajstić information content (AvgIpc) is 3.19. The van der Waals surface area contributed by atoms with Gasteiger partial charge in [0.05, 0.1) is 19.8 Å². The summed E-state index contributed by atoms with van der Waals surface area (Å²) in [6, 6.07) is -1.49. The maximum absolute atomic E-state index is 12.6. The molecule has 0 aliphatic heterocycles. The molecule has 0 heterocycles. The van der Waals surface area contributed by atoms with Crippen molar-refractivity contribution < 1.29 is 42.7 Å². The highest BCUT2D eigenvalue weighted by molar-refractivity contribution is 7.47. The van der Waals surface area contributed by atoms with Gasteiger partial charge in [-0.05, 0) is 96.3 Å². The molecule has 0 aromatic heterocycles. The molecule has 0 saturated heterocycles. The van der Waals surface area contributed by atoms with Crippen molar-refractivity contribution >= 4 is 19.8 Å². The van der Waals surface area contributed by atoms with Gasteiger partial charge in [0, 0.05) is 13.0 Å². The number of carboxylic acid groups (broad SMARTS) is 1. The minimum atomic E-state index is -4.64. The van der Waals surface area contributed by atoms with Gasteiger partial charge in [-0.25, -0.2) is 4.57 Å². The van der Waals surface area contributed by atoms with Gasteiger partial charge in [-0.3, -0.25) is 18.6 Å². The third kappa shape index (κ3) is 40.6. The number of phosphoric ester groups is 1. The molecule has 0 aromatic rings. The van der Waals surface area contributed by atoms with Crippen molar-refractivity contribution in [2.45, 2.75) is 142 Å². The molecule has 322 valence electrons. The van der Waals surface area contributed by atoms with E-state index in [-0.39, 0.29) is 13.0 Å². The average molecular weight is 816 g/mol. The molecule has 0 fully saturated rings. The van der Waals surface area contributed by atoms with Gasteiger partial charge in [-0.1, -0.05) is 136 Å². The first-order chi connectivity index (χ1) is 27.7. The number of aliphatic carboxylic acids is 1. The van der Waals surface area contributed by atoms with Crippen molar-refractivity contribution in [2.24, 2.45) is 5.73 Å². The molecule has 0 bridgehead atoms. The normalized spacial score (nSPS) is 15.0. The summed E-state index contributed by atoms with van der Waals surface area (Å²) in [5, 5.41) is 8.89. The molecule has 3 unspecified atom stereocenters. The van der Waals surface area contributed by atoms with Crippen molar-refractivity contribution in [3.63, 3.8) is 0 Å². The molecule has 0 radical (unpaired) electrons. The summed E-state index contributed by atoms with van der Waals surface area (Å²) in [5.74, 6) is -1.85. The number of esters is 1. The largest absolute Gasteiger partial charge is 0.480 e. The number of allylic oxidation sites excluding steroid dienone is 18. The Hall–Kier alpha value is -3.37. The number of ether oxygens (including phenoxy) is 2. The standard InChI is InChI=1S/C46H74NO9P/c1-3-5-7-9-11-13-15-17-19-20-21-22-23-25-27-29-31-33-35-37-39-53-40-43(41-54-57(51,52)55-42-44(47)46(49)50)56-45(48)38-36-34-32-30-28-26-24-18-16-14-12-10-8-6-4-2/h5-8,11-14,17-19,21-22,24-25,27-28,30,43-44H,3-4,9-10,15-16,20,23,26,29,31-42,47H2,1-2H3,(H,49,50)(H,51,52)/b7-5-,8-6-,13-11-,14-12-,19-17-,22-21-,24-18-,27-25-,30-28-. The number of carbonyl (C=O) groups excluding carboxylic acids is 1. The number of hydrogen-bond donors (Lipinski definition) is 3. The van der Waals surface area contributed by atoms with Gasteiger partial charge in [-0.15, -0.1) is 0 Å². The predicted molar refractivity (Wildman–Crippen MR) is 235 cm³/mol. The van der Waals surface area contributed by atoms with Gasteiger partial charge in [0.2, 0.25) is 0 Å². The first-order valence-electron chi connectivity index (χ1n) is 20.9. The highest BCUT2D eigenvalue weighted by Crippen LogP contribution is 2.43. The van der Waals surface area contributed by atoms with E-state index in [9.17, 15) is 19.0 Å². The minimum Gasteiger partial charge on any atom is -0.480 e. The summed E-state index contributed by atoms with van der Waals surface area (Å²) in [6.07, 6.45) is 54.3. The lowest BCUT2D eigenvalue weighted by Gasteiger charge is -2.20. The highest BCUT2D eigenvalue weighted by atomic mass is 31.2. The van der Waals surface area contributed by atoms with Crippen molar-refractivity contribution in [2.75, 3.05) is 26.4 Å². The second kappa shape index (κ2) is 40.8. The molecule has 4 N–H and O–H groups in total. The monoisotopic (exact) mass is 816 g/mol. The van der Waals surface area contributed by atoms with E-state index >= 15 is 0 Å². The maximum Gasteiger partial charge on any atom is 0.472 e. The fourth-order valence-corrected chi connectivity index (χ4v) is 5.63. The van der Waals surface area contributed by atoms with Crippen molar-refractivity contribution in [3.8, 4) is 0 Å². The lowest BCUT2D eigenvalue weighted by Crippen LogP contribution is -2.34. The Balaban J connectivity index is 4.40. The van der Waals surface area contributed by atoms with E-state index in [1.54, 1.807) is 0 Å². The molecule has 0 spiro atoms. The van der Waals surface area contributed by atoms with Crippen molar-refractivity contribution in [3.05, 3.63) is 109 Å². The zero-order chi connectivity index (χ0) is 41.9. The summed E-state index contributed by atoms with van der Waals surface area (Å²) in [6.45, 7) is 3.50. The number of hydrogen-bond acceptors (Lipinski definition) is 8. The van der Waals surface area contributed by atoms with Crippen molar-refractivity contribution in [1.82, 2.24) is 0 Å². The van der Waals surface area contributed by atoms with E-state index in [0.717, 1.165) is 103 Å². The number of unbranched alkanes of at least 4 members (excludes halogenated alkanes) is 6. The number of rotatable bonds is 38. The second-order valence-electron chi connectivity index (χ2n) is 13.3. The van der Waals surface area contributed by atoms with Crippen LogP contribution in [0.25, 0.3) is 0 Å². The molecule has 10 nitrogen and oxygen atoms in total. The molecule has 3 atom stereocenters. The van der Waals surface area contributed by atoms with Gasteiger partial charge < -0.3 is 25.2 Å².